The quantitative estimate of drug-likeness (QED) is 0.783. The smallest absolute Gasteiger partial charge is 0.252 e. The number of rotatable bonds is 5. The molecular formula is C21H26ClN3O. The topological polar surface area (TPSA) is 45.2 Å². The number of pyridine rings is 1. The Kier molecular flexibility index (Phi) is 5.82. The van der Waals surface area contributed by atoms with E-state index in [4.69, 9.17) is 11.6 Å². The number of nitrogens with one attached hydrogen (secondary N) is 1. The summed E-state index contributed by atoms with van der Waals surface area (Å²) in [7, 11) is 3.75. The number of fused-ring (bicyclic) bond motifs is 1. The molecule has 1 aliphatic carbocycles. The molecule has 0 saturated heterocycles. The molecule has 0 spiro atoms. The first-order chi connectivity index (χ1) is 12.5. The lowest BCUT2D eigenvalue weighted by Gasteiger charge is -2.22. The average Bonchev–Trinajstić information content (AvgIpc) is 2.65. The van der Waals surface area contributed by atoms with E-state index in [1.165, 1.54) is 36.0 Å². The molecule has 26 heavy (non-hydrogen) atoms. The monoisotopic (exact) mass is 371 g/mol. The van der Waals surface area contributed by atoms with Crippen LogP contribution in [0.1, 0.15) is 59.3 Å². The third kappa shape index (κ3) is 4.18. The van der Waals surface area contributed by atoms with Gasteiger partial charge < -0.3 is 10.2 Å². The number of nitrogens with zero attached hydrogens (tertiary/aromatic N) is 2. The molecule has 1 aliphatic rings. The minimum atomic E-state index is -0.123. The Morgan fingerprint density at radius 3 is 2.62 bits per heavy atom. The van der Waals surface area contributed by atoms with Gasteiger partial charge in [-0.2, -0.15) is 0 Å². The van der Waals surface area contributed by atoms with Gasteiger partial charge in [-0.15, -0.1) is 0 Å². The van der Waals surface area contributed by atoms with E-state index in [2.05, 4.69) is 35.4 Å². The maximum absolute atomic E-state index is 12.8. The van der Waals surface area contributed by atoms with Gasteiger partial charge in [-0.05, 0) is 60.9 Å². The summed E-state index contributed by atoms with van der Waals surface area (Å²) in [6.45, 7) is 2.09. The van der Waals surface area contributed by atoms with Crippen LogP contribution in [-0.4, -0.2) is 25.0 Å². The highest BCUT2D eigenvalue weighted by Crippen LogP contribution is 2.26. The van der Waals surface area contributed by atoms with Gasteiger partial charge in [0, 0.05) is 19.7 Å². The molecule has 1 aromatic heterocycles. The fourth-order valence-electron chi connectivity index (χ4n) is 3.48. The van der Waals surface area contributed by atoms with Gasteiger partial charge in [0.2, 0.25) is 0 Å². The molecule has 0 bridgehead atoms. The number of carbonyl (C=O) groups is 1. The second-order valence-corrected chi connectivity index (χ2v) is 7.49. The summed E-state index contributed by atoms with van der Waals surface area (Å²) in [4.78, 5) is 18.9. The summed E-state index contributed by atoms with van der Waals surface area (Å²) in [6.07, 6.45) is 5.67. The van der Waals surface area contributed by atoms with Gasteiger partial charge >= 0.3 is 0 Å². The van der Waals surface area contributed by atoms with Crippen LogP contribution in [0.25, 0.3) is 0 Å². The number of benzene rings is 1. The van der Waals surface area contributed by atoms with Gasteiger partial charge in [-0.25, -0.2) is 4.98 Å². The van der Waals surface area contributed by atoms with E-state index < -0.39 is 0 Å². The van der Waals surface area contributed by atoms with Crippen LogP contribution in [0.2, 0.25) is 5.15 Å². The lowest BCUT2D eigenvalue weighted by molar-refractivity contribution is 0.0935. The van der Waals surface area contributed by atoms with E-state index in [0.29, 0.717) is 16.5 Å². The van der Waals surface area contributed by atoms with Crippen LogP contribution in [0.5, 0.6) is 0 Å². The normalized spacial score (nSPS) is 14.5. The van der Waals surface area contributed by atoms with Gasteiger partial charge in [0.05, 0.1) is 6.04 Å². The molecule has 1 heterocycles. The molecule has 0 saturated carbocycles. The van der Waals surface area contributed by atoms with Crippen LogP contribution in [0.3, 0.4) is 0 Å². The molecule has 0 fully saturated rings. The van der Waals surface area contributed by atoms with E-state index in [1.54, 1.807) is 12.1 Å². The van der Waals surface area contributed by atoms with Gasteiger partial charge in [-0.1, -0.05) is 36.7 Å². The molecular weight excluding hydrogens is 346 g/mol. The first-order valence-electron chi connectivity index (χ1n) is 9.25. The second-order valence-electron chi connectivity index (χ2n) is 7.10. The largest absolute Gasteiger partial charge is 0.363 e. The number of hydrogen-bond acceptors (Lipinski definition) is 3. The third-order valence-electron chi connectivity index (χ3n) is 4.99. The fraction of sp³-hybridized carbons (Fsp3) is 0.429. The maximum atomic E-state index is 12.8. The van der Waals surface area contributed by atoms with Crippen molar-refractivity contribution in [2.24, 2.45) is 0 Å². The van der Waals surface area contributed by atoms with Crippen LogP contribution in [0.4, 0.5) is 5.82 Å². The zero-order valence-electron chi connectivity index (χ0n) is 15.7. The Morgan fingerprint density at radius 2 is 1.92 bits per heavy atom. The average molecular weight is 372 g/mol. The number of aryl methyl sites for hydroxylation is 2. The first-order valence-corrected chi connectivity index (χ1v) is 9.63. The highest BCUT2D eigenvalue weighted by atomic mass is 35.5. The second kappa shape index (κ2) is 8.09. The standard InChI is InChI=1S/C21H26ClN3O/c1-4-18(16-10-9-14-7-5-6-8-15(14)11-16)23-21(26)17-12-19(22)24-20(13-17)25(2)3/h9-13,18H,4-8H2,1-3H3,(H,23,26). The van der Waals surface area contributed by atoms with Gasteiger partial charge in [0.15, 0.2) is 0 Å². The van der Waals surface area contributed by atoms with E-state index in [9.17, 15) is 4.79 Å². The van der Waals surface area contributed by atoms with Crippen LogP contribution >= 0.6 is 11.6 Å². The predicted molar refractivity (Wildman–Crippen MR) is 107 cm³/mol. The summed E-state index contributed by atoms with van der Waals surface area (Å²) in [5, 5.41) is 3.48. The van der Waals surface area contributed by atoms with E-state index in [0.717, 1.165) is 12.8 Å². The van der Waals surface area contributed by atoms with Crippen molar-refractivity contribution in [3.63, 3.8) is 0 Å². The Morgan fingerprint density at radius 1 is 1.19 bits per heavy atom. The molecule has 0 aliphatic heterocycles. The number of carbonyl (C=O) groups excluding carboxylic acids is 1. The van der Waals surface area contributed by atoms with Crippen molar-refractivity contribution in [2.75, 3.05) is 19.0 Å². The summed E-state index contributed by atoms with van der Waals surface area (Å²) in [5.41, 5.74) is 4.60. The SMILES string of the molecule is CCC(NC(=O)c1cc(Cl)nc(N(C)C)c1)c1ccc2c(c1)CCCC2. The molecule has 1 atom stereocenters. The van der Waals surface area contributed by atoms with Crippen LogP contribution in [-0.2, 0) is 12.8 Å². The zero-order chi connectivity index (χ0) is 18.7. The Bertz CT molecular complexity index is 804. The number of halogens is 1. The van der Waals surface area contributed by atoms with E-state index >= 15 is 0 Å². The fourth-order valence-corrected chi connectivity index (χ4v) is 3.68. The predicted octanol–water partition coefficient (Wildman–Crippen LogP) is 4.56. The molecule has 1 unspecified atom stereocenters. The highest BCUT2D eigenvalue weighted by Gasteiger charge is 2.18. The first kappa shape index (κ1) is 18.7. The molecule has 4 nitrogen and oxygen atoms in total. The number of amides is 1. The van der Waals surface area contributed by atoms with Crippen molar-refractivity contribution in [1.82, 2.24) is 10.3 Å². The Balaban J connectivity index is 1.81. The van der Waals surface area contributed by atoms with Crippen molar-refractivity contribution >= 4 is 23.3 Å². The molecule has 3 rings (SSSR count). The third-order valence-corrected chi connectivity index (χ3v) is 5.18. The molecule has 1 amide bonds. The van der Waals surface area contributed by atoms with E-state index in [-0.39, 0.29) is 11.9 Å². The molecule has 1 aromatic carbocycles. The minimum absolute atomic E-state index is 0.00975. The molecule has 1 N–H and O–H groups in total. The van der Waals surface area contributed by atoms with Crippen molar-refractivity contribution < 1.29 is 4.79 Å². The summed E-state index contributed by atoms with van der Waals surface area (Å²) >= 11 is 6.09. The van der Waals surface area contributed by atoms with Gasteiger partial charge in [-0.3, -0.25) is 4.79 Å². The maximum Gasteiger partial charge on any atom is 0.252 e. The van der Waals surface area contributed by atoms with Crippen molar-refractivity contribution in [3.05, 3.63) is 57.7 Å². The Labute approximate surface area is 160 Å². The molecule has 5 heteroatoms. The Hall–Kier alpha value is -2.07. The summed E-state index contributed by atoms with van der Waals surface area (Å²) < 4.78 is 0. The van der Waals surface area contributed by atoms with Crippen LogP contribution < -0.4 is 10.2 Å². The van der Waals surface area contributed by atoms with Crippen molar-refractivity contribution in [3.8, 4) is 0 Å². The van der Waals surface area contributed by atoms with E-state index in [1.807, 2.05) is 19.0 Å². The van der Waals surface area contributed by atoms with Gasteiger partial charge in [0.25, 0.3) is 5.91 Å². The van der Waals surface area contributed by atoms with Crippen molar-refractivity contribution in [2.45, 2.75) is 45.1 Å². The lowest BCUT2D eigenvalue weighted by Crippen LogP contribution is -2.28. The number of aromatic nitrogens is 1. The highest BCUT2D eigenvalue weighted by molar-refractivity contribution is 6.29. The summed E-state index contributed by atoms with van der Waals surface area (Å²) in [6, 6.07) is 10.0. The van der Waals surface area contributed by atoms with Crippen LogP contribution in [0.15, 0.2) is 30.3 Å². The number of hydrogen-bond donors (Lipinski definition) is 1. The lowest BCUT2D eigenvalue weighted by atomic mass is 9.88. The summed E-state index contributed by atoms with van der Waals surface area (Å²) in [5.74, 6) is 0.548. The molecule has 2 aromatic rings. The zero-order valence-corrected chi connectivity index (χ0v) is 16.4. The molecule has 138 valence electrons. The minimum Gasteiger partial charge on any atom is -0.363 e. The van der Waals surface area contributed by atoms with Crippen LogP contribution in [0, 0.1) is 0 Å². The van der Waals surface area contributed by atoms with Gasteiger partial charge in [0.1, 0.15) is 11.0 Å². The number of anilines is 1. The molecule has 0 radical (unpaired) electrons. The van der Waals surface area contributed by atoms with Crippen molar-refractivity contribution in [1.29, 1.82) is 0 Å².